The summed E-state index contributed by atoms with van der Waals surface area (Å²) in [7, 11) is 0. The van der Waals surface area contributed by atoms with Crippen molar-refractivity contribution in [3.8, 4) is 0 Å². The van der Waals surface area contributed by atoms with Gasteiger partial charge in [-0.25, -0.2) is 0 Å². The maximum Gasteiger partial charge on any atom is 0.225 e. The second kappa shape index (κ2) is 7.36. The lowest BCUT2D eigenvalue weighted by molar-refractivity contribution is -0.116. The van der Waals surface area contributed by atoms with Crippen LogP contribution in [0.2, 0.25) is 0 Å². The summed E-state index contributed by atoms with van der Waals surface area (Å²) < 4.78 is 0. The van der Waals surface area contributed by atoms with E-state index in [1.807, 2.05) is 30.3 Å². The number of likely N-dealkylation sites (tertiary alicyclic amines) is 1. The molecule has 1 heterocycles. The first kappa shape index (κ1) is 15.0. The SMILES string of the molecule is Cl.N[C@H]1CCN(CCC(=O)Nc2ccccc2)C1. The van der Waals surface area contributed by atoms with Crippen molar-refractivity contribution in [1.82, 2.24) is 4.90 Å². The number of carbonyl (C=O) groups excluding carboxylic acids is 1. The molecule has 1 aromatic rings. The number of halogens is 1. The first-order valence-corrected chi connectivity index (χ1v) is 6.07. The van der Waals surface area contributed by atoms with Crippen LogP contribution in [0.5, 0.6) is 0 Å². The average Bonchev–Trinajstić information content (AvgIpc) is 2.74. The Labute approximate surface area is 114 Å². The largest absolute Gasteiger partial charge is 0.326 e. The monoisotopic (exact) mass is 269 g/mol. The van der Waals surface area contributed by atoms with Crippen LogP contribution in [-0.2, 0) is 4.79 Å². The van der Waals surface area contributed by atoms with E-state index in [2.05, 4.69) is 10.2 Å². The van der Waals surface area contributed by atoms with Crippen molar-refractivity contribution in [2.45, 2.75) is 18.9 Å². The van der Waals surface area contributed by atoms with E-state index in [0.717, 1.165) is 31.7 Å². The third-order valence-electron chi connectivity index (χ3n) is 3.02. The van der Waals surface area contributed by atoms with Gasteiger partial charge < -0.3 is 16.0 Å². The predicted molar refractivity (Wildman–Crippen MR) is 76.0 cm³/mol. The lowest BCUT2D eigenvalue weighted by atomic mass is 10.3. The predicted octanol–water partition coefficient (Wildman–Crippen LogP) is 1.47. The van der Waals surface area contributed by atoms with Crippen LogP contribution in [0.15, 0.2) is 30.3 Å². The van der Waals surface area contributed by atoms with Gasteiger partial charge in [-0.2, -0.15) is 0 Å². The van der Waals surface area contributed by atoms with Gasteiger partial charge in [-0.3, -0.25) is 4.79 Å². The van der Waals surface area contributed by atoms with Gasteiger partial charge in [0.05, 0.1) is 0 Å². The van der Waals surface area contributed by atoms with Crippen molar-refractivity contribution in [2.24, 2.45) is 5.73 Å². The van der Waals surface area contributed by atoms with Gasteiger partial charge >= 0.3 is 0 Å². The van der Waals surface area contributed by atoms with E-state index in [4.69, 9.17) is 5.73 Å². The number of carbonyl (C=O) groups is 1. The fourth-order valence-electron chi connectivity index (χ4n) is 2.07. The molecule has 1 fully saturated rings. The van der Waals surface area contributed by atoms with E-state index in [-0.39, 0.29) is 24.4 Å². The molecule has 0 aromatic heterocycles. The molecule has 0 aliphatic carbocycles. The van der Waals surface area contributed by atoms with Crippen LogP contribution < -0.4 is 11.1 Å². The highest BCUT2D eigenvalue weighted by molar-refractivity contribution is 5.90. The van der Waals surface area contributed by atoms with E-state index in [9.17, 15) is 4.79 Å². The number of para-hydroxylation sites is 1. The summed E-state index contributed by atoms with van der Waals surface area (Å²) in [6.45, 7) is 2.73. The lowest BCUT2D eigenvalue weighted by Gasteiger charge is -2.14. The van der Waals surface area contributed by atoms with Crippen LogP contribution in [-0.4, -0.2) is 36.5 Å². The van der Waals surface area contributed by atoms with E-state index in [1.54, 1.807) is 0 Å². The Bertz CT molecular complexity index is 372. The fourth-order valence-corrected chi connectivity index (χ4v) is 2.07. The molecule has 0 spiro atoms. The summed E-state index contributed by atoms with van der Waals surface area (Å²) in [6, 6.07) is 9.82. The molecule has 1 aliphatic heterocycles. The third kappa shape index (κ3) is 4.64. The van der Waals surface area contributed by atoms with E-state index < -0.39 is 0 Å². The zero-order valence-corrected chi connectivity index (χ0v) is 11.2. The Morgan fingerprint density at radius 2 is 2.11 bits per heavy atom. The van der Waals surface area contributed by atoms with Crippen LogP contribution in [0, 0.1) is 0 Å². The molecular formula is C13H20ClN3O. The Hall–Kier alpha value is -1.10. The van der Waals surface area contributed by atoms with Gasteiger partial charge in [-0.05, 0) is 25.1 Å². The van der Waals surface area contributed by atoms with Crippen molar-refractivity contribution >= 4 is 24.0 Å². The highest BCUT2D eigenvalue weighted by Gasteiger charge is 2.19. The number of rotatable bonds is 4. The minimum absolute atomic E-state index is 0. The highest BCUT2D eigenvalue weighted by Crippen LogP contribution is 2.09. The molecule has 4 nitrogen and oxygen atoms in total. The van der Waals surface area contributed by atoms with Crippen molar-refractivity contribution < 1.29 is 4.79 Å². The third-order valence-corrected chi connectivity index (χ3v) is 3.02. The summed E-state index contributed by atoms with van der Waals surface area (Å²) in [4.78, 5) is 13.9. The summed E-state index contributed by atoms with van der Waals surface area (Å²) in [5.74, 6) is 0.0664. The second-order valence-electron chi connectivity index (χ2n) is 4.51. The fraction of sp³-hybridized carbons (Fsp3) is 0.462. The first-order chi connectivity index (χ1) is 8.24. The molecular weight excluding hydrogens is 250 g/mol. The minimum atomic E-state index is 0. The number of amides is 1. The van der Waals surface area contributed by atoms with Gasteiger partial charge in [0.1, 0.15) is 0 Å². The summed E-state index contributed by atoms with van der Waals surface area (Å²) in [6.07, 6.45) is 1.57. The molecule has 100 valence electrons. The van der Waals surface area contributed by atoms with E-state index >= 15 is 0 Å². The molecule has 0 saturated carbocycles. The smallest absolute Gasteiger partial charge is 0.225 e. The Morgan fingerprint density at radius 3 is 2.72 bits per heavy atom. The molecule has 1 atom stereocenters. The summed E-state index contributed by atoms with van der Waals surface area (Å²) >= 11 is 0. The molecule has 1 saturated heterocycles. The maximum absolute atomic E-state index is 11.7. The minimum Gasteiger partial charge on any atom is -0.326 e. The van der Waals surface area contributed by atoms with Gasteiger partial charge in [0, 0.05) is 31.2 Å². The molecule has 0 radical (unpaired) electrons. The van der Waals surface area contributed by atoms with Crippen molar-refractivity contribution in [3.05, 3.63) is 30.3 Å². The normalized spacial score (nSPS) is 19.3. The van der Waals surface area contributed by atoms with Crippen molar-refractivity contribution in [1.29, 1.82) is 0 Å². The Morgan fingerprint density at radius 1 is 1.39 bits per heavy atom. The lowest BCUT2D eigenvalue weighted by Crippen LogP contribution is -2.29. The Balaban J connectivity index is 0.00000162. The second-order valence-corrected chi connectivity index (χ2v) is 4.51. The number of hydrogen-bond acceptors (Lipinski definition) is 3. The zero-order valence-electron chi connectivity index (χ0n) is 10.3. The summed E-state index contributed by atoms with van der Waals surface area (Å²) in [5.41, 5.74) is 6.67. The van der Waals surface area contributed by atoms with Crippen LogP contribution in [0.25, 0.3) is 0 Å². The standard InChI is InChI=1S/C13H19N3O.ClH/c14-11-6-8-16(10-11)9-7-13(17)15-12-4-2-1-3-5-12;/h1-5,11H,6-10,14H2,(H,15,17);1H/t11-;/m0./s1. The number of nitrogens with two attached hydrogens (primary N) is 1. The van der Waals surface area contributed by atoms with Crippen LogP contribution >= 0.6 is 12.4 Å². The quantitative estimate of drug-likeness (QED) is 0.870. The topological polar surface area (TPSA) is 58.4 Å². The molecule has 1 amide bonds. The molecule has 1 aliphatic rings. The highest BCUT2D eigenvalue weighted by atomic mass is 35.5. The molecule has 2 rings (SSSR count). The molecule has 0 bridgehead atoms. The zero-order chi connectivity index (χ0) is 12.1. The molecule has 18 heavy (non-hydrogen) atoms. The van der Waals surface area contributed by atoms with Gasteiger partial charge in [-0.1, -0.05) is 18.2 Å². The van der Waals surface area contributed by atoms with E-state index in [1.165, 1.54) is 0 Å². The number of nitrogens with one attached hydrogen (secondary N) is 1. The molecule has 5 heteroatoms. The number of anilines is 1. The maximum atomic E-state index is 11.7. The van der Waals surface area contributed by atoms with Crippen molar-refractivity contribution in [3.63, 3.8) is 0 Å². The Kier molecular flexibility index (Phi) is 6.12. The average molecular weight is 270 g/mol. The molecule has 0 unspecified atom stereocenters. The van der Waals surface area contributed by atoms with Gasteiger partial charge in [0.25, 0.3) is 0 Å². The molecule has 3 N–H and O–H groups in total. The van der Waals surface area contributed by atoms with Gasteiger partial charge in [0.2, 0.25) is 5.91 Å². The van der Waals surface area contributed by atoms with Crippen molar-refractivity contribution in [2.75, 3.05) is 25.0 Å². The molecule has 1 aromatic carbocycles. The number of benzene rings is 1. The number of nitrogens with zero attached hydrogens (tertiary/aromatic N) is 1. The van der Waals surface area contributed by atoms with Crippen LogP contribution in [0.4, 0.5) is 5.69 Å². The number of hydrogen-bond donors (Lipinski definition) is 2. The van der Waals surface area contributed by atoms with Crippen LogP contribution in [0.1, 0.15) is 12.8 Å². The summed E-state index contributed by atoms with van der Waals surface area (Å²) in [5, 5.41) is 2.88. The van der Waals surface area contributed by atoms with Gasteiger partial charge in [0.15, 0.2) is 0 Å². The van der Waals surface area contributed by atoms with Gasteiger partial charge in [-0.15, -0.1) is 12.4 Å². The van der Waals surface area contributed by atoms with E-state index in [0.29, 0.717) is 6.42 Å². The first-order valence-electron chi connectivity index (χ1n) is 6.07. The van der Waals surface area contributed by atoms with Crippen LogP contribution in [0.3, 0.4) is 0 Å².